The van der Waals surface area contributed by atoms with E-state index in [9.17, 15) is 14.4 Å². The van der Waals surface area contributed by atoms with Gasteiger partial charge in [0.05, 0.1) is 0 Å². The molecular weight excluding hydrogens is 390 g/mol. The molecule has 6 nitrogen and oxygen atoms in total. The lowest BCUT2D eigenvalue weighted by molar-refractivity contribution is -0.130. The number of nitrogens with zero attached hydrogens (tertiary/aromatic N) is 2. The Balaban J connectivity index is 1.82. The van der Waals surface area contributed by atoms with Gasteiger partial charge in [0.2, 0.25) is 5.91 Å². The van der Waals surface area contributed by atoms with Gasteiger partial charge < -0.3 is 5.32 Å². The van der Waals surface area contributed by atoms with Gasteiger partial charge in [-0.15, -0.1) is 0 Å². The number of aryl methyl sites for hydroxylation is 1. The van der Waals surface area contributed by atoms with Crippen LogP contribution in [-0.2, 0) is 9.59 Å². The van der Waals surface area contributed by atoms with Gasteiger partial charge >= 0.3 is 6.03 Å². The molecule has 1 aliphatic heterocycles. The topological polar surface area (TPSA) is 69.7 Å². The van der Waals surface area contributed by atoms with E-state index in [1.807, 2.05) is 49.4 Å². The molecule has 0 aliphatic carbocycles. The molecular formula is C25H31N3O3. The van der Waals surface area contributed by atoms with Crippen LogP contribution in [0.15, 0.2) is 42.5 Å². The lowest BCUT2D eigenvalue weighted by Gasteiger charge is -2.21. The predicted octanol–water partition coefficient (Wildman–Crippen LogP) is 5.04. The second-order valence-electron chi connectivity index (χ2n) is 8.76. The lowest BCUT2D eigenvalue weighted by atomic mass is 9.92. The third-order valence-corrected chi connectivity index (χ3v) is 5.70. The Morgan fingerprint density at radius 2 is 1.52 bits per heavy atom. The third-order valence-electron chi connectivity index (χ3n) is 5.70. The zero-order valence-electron chi connectivity index (χ0n) is 19.1. The highest BCUT2D eigenvalue weighted by molar-refractivity contribution is 6.16. The second-order valence-corrected chi connectivity index (χ2v) is 8.76. The van der Waals surface area contributed by atoms with Crippen molar-refractivity contribution in [2.75, 3.05) is 16.8 Å². The number of amides is 4. The molecule has 4 amide bonds. The summed E-state index contributed by atoms with van der Waals surface area (Å²) in [6, 6.07) is 12.3. The second kappa shape index (κ2) is 8.92. The highest BCUT2D eigenvalue weighted by Crippen LogP contribution is 2.32. The molecule has 0 unspecified atom stereocenters. The van der Waals surface area contributed by atoms with Gasteiger partial charge in [-0.05, 0) is 48.9 Å². The maximum absolute atomic E-state index is 13.0. The van der Waals surface area contributed by atoms with Crippen molar-refractivity contribution < 1.29 is 14.4 Å². The van der Waals surface area contributed by atoms with Gasteiger partial charge in [0.15, 0.2) is 0 Å². The van der Waals surface area contributed by atoms with E-state index in [0.717, 1.165) is 27.3 Å². The van der Waals surface area contributed by atoms with Crippen LogP contribution in [0, 0.1) is 6.92 Å². The summed E-state index contributed by atoms with van der Waals surface area (Å²) in [5.74, 6) is -0.307. The molecule has 0 bridgehead atoms. The minimum absolute atomic E-state index is 0.223. The first-order chi connectivity index (χ1) is 14.6. The van der Waals surface area contributed by atoms with Gasteiger partial charge in [-0.2, -0.15) is 0 Å². The van der Waals surface area contributed by atoms with Crippen LogP contribution in [0.25, 0.3) is 0 Å². The SMILES string of the molecule is Cc1ccc(N2C(=O)N(CC(=O)Nc3c(C(C)C)cccc3C(C)C)C(=O)[C@@H]2C)cc1. The van der Waals surface area contributed by atoms with Crippen LogP contribution in [0.4, 0.5) is 16.2 Å². The molecule has 0 spiro atoms. The molecule has 0 saturated carbocycles. The molecule has 1 fully saturated rings. The Hall–Kier alpha value is -3.15. The fourth-order valence-corrected chi connectivity index (χ4v) is 3.93. The smallest absolute Gasteiger partial charge is 0.324 e. The number of hydrogen-bond donors (Lipinski definition) is 1. The van der Waals surface area contributed by atoms with Crippen molar-refractivity contribution in [1.82, 2.24) is 4.90 Å². The first kappa shape index (κ1) is 22.5. The molecule has 1 atom stereocenters. The van der Waals surface area contributed by atoms with Crippen molar-refractivity contribution >= 4 is 29.2 Å². The zero-order valence-corrected chi connectivity index (χ0v) is 19.1. The summed E-state index contributed by atoms with van der Waals surface area (Å²) >= 11 is 0. The molecule has 1 saturated heterocycles. The van der Waals surface area contributed by atoms with Gasteiger partial charge in [-0.3, -0.25) is 19.4 Å². The summed E-state index contributed by atoms with van der Waals surface area (Å²) in [5.41, 5.74) is 4.56. The molecule has 3 rings (SSSR count). The van der Waals surface area contributed by atoms with E-state index in [0.29, 0.717) is 5.69 Å². The number of imide groups is 1. The summed E-state index contributed by atoms with van der Waals surface area (Å²) in [4.78, 5) is 41.2. The van der Waals surface area contributed by atoms with E-state index in [-0.39, 0.29) is 30.2 Å². The van der Waals surface area contributed by atoms with Crippen LogP contribution < -0.4 is 10.2 Å². The molecule has 1 heterocycles. The molecule has 1 aliphatic rings. The number of carbonyl (C=O) groups is 3. The predicted molar refractivity (Wildman–Crippen MR) is 123 cm³/mol. The minimum Gasteiger partial charge on any atom is -0.324 e. The molecule has 2 aromatic rings. The van der Waals surface area contributed by atoms with Gasteiger partial charge in [0.25, 0.3) is 5.91 Å². The van der Waals surface area contributed by atoms with E-state index in [1.165, 1.54) is 4.90 Å². The highest BCUT2D eigenvalue weighted by atomic mass is 16.2. The van der Waals surface area contributed by atoms with Crippen LogP contribution in [0.5, 0.6) is 0 Å². The van der Waals surface area contributed by atoms with Gasteiger partial charge in [-0.25, -0.2) is 4.79 Å². The minimum atomic E-state index is -0.655. The van der Waals surface area contributed by atoms with Crippen LogP contribution in [0.3, 0.4) is 0 Å². The number of rotatable bonds is 6. The van der Waals surface area contributed by atoms with E-state index in [2.05, 4.69) is 33.0 Å². The normalized spacial score (nSPS) is 16.6. The van der Waals surface area contributed by atoms with Gasteiger partial charge in [0, 0.05) is 11.4 Å². The molecule has 0 radical (unpaired) electrons. The maximum Gasteiger partial charge on any atom is 0.332 e. The largest absolute Gasteiger partial charge is 0.332 e. The average molecular weight is 422 g/mol. The van der Waals surface area contributed by atoms with Crippen molar-refractivity contribution in [2.45, 2.75) is 59.4 Å². The number of carbonyl (C=O) groups excluding carboxylic acids is 3. The summed E-state index contributed by atoms with van der Waals surface area (Å²) in [7, 11) is 0. The van der Waals surface area contributed by atoms with Gasteiger partial charge in [0.1, 0.15) is 12.6 Å². The highest BCUT2D eigenvalue weighted by Gasteiger charge is 2.44. The number of benzene rings is 2. The summed E-state index contributed by atoms with van der Waals surface area (Å²) < 4.78 is 0. The molecule has 164 valence electrons. The van der Waals surface area contributed by atoms with Crippen molar-refractivity contribution in [3.63, 3.8) is 0 Å². The van der Waals surface area contributed by atoms with Crippen molar-refractivity contribution in [2.24, 2.45) is 0 Å². The van der Waals surface area contributed by atoms with Gasteiger partial charge in [-0.1, -0.05) is 63.6 Å². The summed E-state index contributed by atoms with van der Waals surface area (Å²) in [6.07, 6.45) is 0. The number of urea groups is 1. The molecule has 31 heavy (non-hydrogen) atoms. The van der Waals surface area contributed by atoms with Crippen molar-refractivity contribution in [1.29, 1.82) is 0 Å². The molecule has 0 aromatic heterocycles. The first-order valence-corrected chi connectivity index (χ1v) is 10.8. The van der Waals surface area contributed by atoms with Crippen LogP contribution in [-0.4, -0.2) is 35.3 Å². The number of anilines is 2. The number of hydrogen-bond acceptors (Lipinski definition) is 3. The zero-order chi connectivity index (χ0) is 22.9. The van der Waals surface area contributed by atoms with Crippen LogP contribution >= 0.6 is 0 Å². The third kappa shape index (κ3) is 4.48. The monoisotopic (exact) mass is 421 g/mol. The van der Waals surface area contributed by atoms with E-state index in [1.54, 1.807) is 6.92 Å². The molecule has 2 aromatic carbocycles. The fourth-order valence-electron chi connectivity index (χ4n) is 3.93. The van der Waals surface area contributed by atoms with Crippen LogP contribution in [0.2, 0.25) is 0 Å². The van der Waals surface area contributed by atoms with E-state index < -0.39 is 12.1 Å². The quantitative estimate of drug-likeness (QED) is 0.665. The van der Waals surface area contributed by atoms with Crippen molar-refractivity contribution in [3.05, 3.63) is 59.2 Å². The summed E-state index contributed by atoms with van der Waals surface area (Å²) in [6.45, 7) is 11.6. The Morgan fingerprint density at radius 3 is 2.03 bits per heavy atom. The number of nitrogens with one attached hydrogen (secondary N) is 1. The Kier molecular flexibility index (Phi) is 6.48. The molecule has 6 heteroatoms. The lowest BCUT2D eigenvalue weighted by Crippen LogP contribution is -2.39. The van der Waals surface area contributed by atoms with Crippen molar-refractivity contribution in [3.8, 4) is 0 Å². The summed E-state index contributed by atoms with van der Waals surface area (Å²) in [5, 5.41) is 2.98. The Bertz CT molecular complexity index is 969. The fraction of sp³-hybridized carbons (Fsp3) is 0.400. The van der Waals surface area contributed by atoms with E-state index >= 15 is 0 Å². The number of para-hydroxylation sites is 1. The first-order valence-electron chi connectivity index (χ1n) is 10.8. The molecule has 1 N–H and O–H groups in total. The van der Waals surface area contributed by atoms with E-state index in [4.69, 9.17) is 0 Å². The Morgan fingerprint density at radius 1 is 0.968 bits per heavy atom. The average Bonchev–Trinajstić information content (AvgIpc) is 2.92. The Labute approximate surface area is 184 Å². The standard InChI is InChI=1S/C25H31N3O3/c1-15(2)20-8-7-9-21(16(3)4)23(20)26-22(29)14-27-24(30)18(6)28(25(27)31)19-12-10-17(5)11-13-19/h7-13,15-16,18H,14H2,1-6H3,(H,26,29)/t18-/m0/s1. The van der Waals surface area contributed by atoms with Crippen LogP contribution in [0.1, 0.15) is 63.1 Å². The maximum atomic E-state index is 13.0.